The average Bonchev–Trinajstić information content (AvgIpc) is 3.06. The van der Waals surface area contributed by atoms with Gasteiger partial charge in [0.25, 0.3) is 0 Å². The van der Waals surface area contributed by atoms with Gasteiger partial charge in [0.05, 0.1) is 34.7 Å². The lowest BCUT2D eigenvalue weighted by Crippen LogP contribution is -2.15. The fraction of sp³-hybridized carbons (Fsp3) is 0.111. The summed E-state index contributed by atoms with van der Waals surface area (Å²) in [5, 5.41) is 14.2. The number of nitrogens with one attached hydrogen (secondary N) is 2. The summed E-state index contributed by atoms with van der Waals surface area (Å²) >= 11 is 6.02. The number of nitrogens with zero attached hydrogens (tertiary/aromatic N) is 3. The molecule has 0 atom stereocenters. The number of para-hydroxylation sites is 1. The monoisotopic (exact) mass is 369 g/mol. The molecule has 132 valence electrons. The zero-order valence-electron chi connectivity index (χ0n) is 13.9. The van der Waals surface area contributed by atoms with Crippen LogP contribution < -0.4 is 10.6 Å². The number of aromatic nitrogens is 3. The number of amides is 2. The standard InChI is InChI=1S/C18H16ClN5O2/c1-12(25)21-17-9-13(7-8-16(17)19)22-18(26)10-14-11-20-24(23-14)15-5-3-2-4-6-15/h2-9,11H,10H2,1H3,(H,21,25)(H,22,26). The second kappa shape index (κ2) is 7.79. The van der Waals surface area contributed by atoms with E-state index in [2.05, 4.69) is 20.8 Å². The van der Waals surface area contributed by atoms with Gasteiger partial charge in [-0.1, -0.05) is 29.8 Å². The molecular weight excluding hydrogens is 354 g/mol. The molecule has 3 aromatic rings. The van der Waals surface area contributed by atoms with Crippen molar-refractivity contribution >= 4 is 34.8 Å². The lowest BCUT2D eigenvalue weighted by atomic mass is 10.2. The molecule has 2 amide bonds. The molecule has 0 radical (unpaired) electrons. The number of halogens is 1. The maximum absolute atomic E-state index is 12.2. The summed E-state index contributed by atoms with van der Waals surface area (Å²) in [6.45, 7) is 1.39. The smallest absolute Gasteiger partial charge is 0.230 e. The van der Waals surface area contributed by atoms with Crippen molar-refractivity contribution in [3.8, 4) is 5.69 Å². The zero-order valence-corrected chi connectivity index (χ0v) is 14.7. The SMILES string of the molecule is CC(=O)Nc1cc(NC(=O)Cc2cnn(-c3ccccc3)n2)ccc1Cl. The van der Waals surface area contributed by atoms with Crippen molar-refractivity contribution in [1.82, 2.24) is 15.0 Å². The highest BCUT2D eigenvalue weighted by atomic mass is 35.5. The molecule has 0 aliphatic carbocycles. The Balaban J connectivity index is 1.66. The first-order chi connectivity index (χ1) is 12.5. The fourth-order valence-corrected chi connectivity index (χ4v) is 2.48. The van der Waals surface area contributed by atoms with Crippen LogP contribution in [0.4, 0.5) is 11.4 Å². The maximum atomic E-state index is 12.2. The summed E-state index contributed by atoms with van der Waals surface area (Å²) in [7, 11) is 0. The third-order valence-corrected chi connectivity index (χ3v) is 3.76. The van der Waals surface area contributed by atoms with E-state index in [9.17, 15) is 9.59 Å². The topological polar surface area (TPSA) is 88.9 Å². The van der Waals surface area contributed by atoms with Gasteiger partial charge in [-0.05, 0) is 30.3 Å². The first kappa shape index (κ1) is 17.6. The van der Waals surface area contributed by atoms with E-state index in [0.29, 0.717) is 22.1 Å². The molecule has 2 aromatic carbocycles. The van der Waals surface area contributed by atoms with Crippen molar-refractivity contribution in [2.45, 2.75) is 13.3 Å². The second-order valence-electron chi connectivity index (χ2n) is 5.56. The van der Waals surface area contributed by atoms with Gasteiger partial charge in [0.15, 0.2) is 0 Å². The third-order valence-electron chi connectivity index (χ3n) is 3.43. The summed E-state index contributed by atoms with van der Waals surface area (Å²) in [5.74, 6) is -0.492. The van der Waals surface area contributed by atoms with Gasteiger partial charge in [0.1, 0.15) is 0 Å². The molecule has 2 N–H and O–H groups in total. The summed E-state index contributed by atoms with van der Waals surface area (Å²) in [5.41, 5.74) is 2.32. The Hall–Kier alpha value is -3.19. The van der Waals surface area contributed by atoms with Crippen LogP contribution in [0.15, 0.2) is 54.7 Å². The molecule has 0 aliphatic rings. The summed E-state index contributed by atoms with van der Waals surface area (Å²) < 4.78 is 0. The lowest BCUT2D eigenvalue weighted by Gasteiger charge is -2.09. The van der Waals surface area contributed by atoms with Gasteiger partial charge < -0.3 is 10.6 Å². The Morgan fingerprint density at radius 2 is 1.88 bits per heavy atom. The van der Waals surface area contributed by atoms with Gasteiger partial charge in [0, 0.05) is 12.6 Å². The van der Waals surface area contributed by atoms with E-state index < -0.39 is 0 Å². The molecule has 0 spiro atoms. The van der Waals surface area contributed by atoms with E-state index in [0.717, 1.165) is 5.69 Å². The maximum Gasteiger partial charge on any atom is 0.230 e. The highest BCUT2D eigenvalue weighted by Gasteiger charge is 2.10. The molecule has 0 aliphatic heterocycles. The first-order valence-electron chi connectivity index (χ1n) is 7.85. The van der Waals surface area contributed by atoms with Crippen molar-refractivity contribution in [3.63, 3.8) is 0 Å². The Morgan fingerprint density at radius 1 is 1.12 bits per heavy atom. The van der Waals surface area contributed by atoms with Crippen LogP contribution in [0, 0.1) is 0 Å². The molecule has 7 nitrogen and oxygen atoms in total. The van der Waals surface area contributed by atoms with E-state index >= 15 is 0 Å². The molecule has 26 heavy (non-hydrogen) atoms. The highest BCUT2D eigenvalue weighted by molar-refractivity contribution is 6.33. The van der Waals surface area contributed by atoms with Crippen LogP contribution in [0.1, 0.15) is 12.6 Å². The number of hydrogen-bond donors (Lipinski definition) is 2. The van der Waals surface area contributed by atoms with Crippen LogP contribution in [0.2, 0.25) is 5.02 Å². The number of anilines is 2. The molecule has 1 heterocycles. The molecular formula is C18H16ClN5O2. The van der Waals surface area contributed by atoms with Crippen molar-refractivity contribution in [2.75, 3.05) is 10.6 Å². The van der Waals surface area contributed by atoms with Crippen molar-refractivity contribution in [1.29, 1.82) is 0 Å². The number of hydrogen-bond acceptors (Lipinski definition) is 4. The molecule has 1 aromatic heterocycles. The van der Waals surface area contributed by atoms with Crippen molar-refractivity contribution in [2.24, 2.45) is 0 Å². The van der Waals surface area contributed by atoms with Gasteiger partial charge in [-0.15, -0.1) is 0 Å². The Kier molecular flexibility index (Phi) is 5.28. The molecule has 8 heteroatoms. The molecule has 0 saturated heterocycles. The first-order valence-corrected chi connectivity index (χ1v) is 8.23. The minimum absolute atomic E-state index is 0.0743. The molecule has 0 unspecified atom stereocenters. The van der Waals surface area contributed by atoms with Crippen molar-refractivity contribution < 1.29 is 9.59 Å². The fourth-order valence-electron chi connectivity index (χ4n) is 2.32. The normalized spacial score (nSPS) is 10.4. The minimum Gasteiger partial charge on any atom is -0.326 e. The van der Waals surface area contributed by atoms with Crippen LogP contribution in [-0.4, -0.2) is 26.8 Å². The van der Waals surface area contributed by atoms with Crippen molar-refractivity contribution in [3.05, 3.63) is 65.4 Å². The van der Waals surface area contributed by atoms with Crippen LogP contribution in [-0.2, 0) is 16.0 Å². The average molecular weight is 370 g/mol. The third kappa shape index (κ3) is 4.46. The quantitative estimate of drug-likeness (QED) is 0.723. The number of carbonyl (C=O) groups is 2. The molecule has 0 saturated carbocycles. The van der Waals surface area contributed by atoms with E-state index in [1.165, 1.54) is 11.7 Å². The largest absolute Gasteiger partial charge is 0.326 e. The number of rotatable bonds is 5. The molecule has 3 rings (SSSR count). The highest BCUT2D eigenvalue weighted by Crippen LogP contribution is 2.25. The van der Waals surface area contributed by atoms with Crippen LogP contribution in [0.25, 0.3) is 5.69 Å². The summed E-state index contributed by atoms with van der Waals surface area (Å²) in [4.78, 5) is 24.9. The number of carbonyl (C=O) groups excluding carboxylic acids is 2. The summed E-state index contributed by atoms with van der Waals surface area (Å²) in [6.07, 6.45) is 1.63. The summed E-state index contributed by atoms with van der Waals surface area (Å²) in [6, 6.07) is 14.3. The van der Waals surface area contributed by atoms with Gasteiger partial charge in [-0.25, -0.2) is 0 Å². The Bertz CT molecular complexity index is 940. The Labute approximate surface area is 155 Å². The van der Waals surface area contributed by atoms with E-state index in [1.807, 2.05) is 30.3 Å². The molecule has 0 fully saturated rings. The molecule has 0 bridgehead atoms. The van der Waals surface area contributed by atoms with Gasteiger partial charge in [-0.2, -0.15) is 15.0 Å². The van der Waals surface area contributed by atoms with Gasteiger partial charge in [-0.3, -0.25) is 9.59 Å². The zero-order chi connectivity index (χ0) is 18.5. The van der Waals surface area contributed by atoms with E-state index in [4.69, 9.17) is 11.6 Å². The van der Waals surface area contributed by atoms with Crippen LogP contribution in [0.5, 0.6) is 0 Å². The lowest BCUT2D eigenvalue weighted by molar-refractivity contribution is -0.116. The van der Waals surface area contributed by atoms with Crippen LogP contribution in [0.3, 0.4) is 0 Å². The second-order valence-corrected chi connectivity index (χ2v) is 5.97. The predicted octanol–water partition coefficient (Wildman–Crippen LogP) is 3.06. The predicted molar refractivity (Wildman–Crippen MR) is 99.4 cm³/mol. The van der Waals surface area contributed by atoms with E-state index in [-0.39, 0.29) is 18.2 Å². The minimum atomic E-state index is -0.249. The van der Waals surface area contributed by atoms with Gasteiger partial charge >= 0.3 is 0 Å². The van der Waals surface area contributed by atoms with Crippen LogP contribution >= 0.6 is 11.6 Å². The van der Waals surface area contributed by atoms with Gasteiger partial charge in [0.2, 0.25) is 11.8 Å². The number of benzene rings is 2. The van der Waals surface area contributed by atoms with E-state index in [1.54, 1.807) is 24.4 Å². The Morgan fingerprint density at radius 3 is 2.62 bits per heavy atom.